The minimum atomic E-state index is -0.614. The number of halogens is 2. The maximum atomic E-state index is 13.5. The van der Waals surface area contributed by atoms with Gasteiger partial charge < -0.3 is 9.14 Å². The zero-order valence-electron chi connectivity index (χ0n) is 10.8. The number of nitrogens with zero attached hydrogens (tertiary/aromatic N) is 2. The Morgan fingerprint density at radius 1 is 1.15 bits per heavy atom. The van der Waals surface area contributed by atoms with Gasteiger partial charge in [0.05, 0.1) is 11.3 Å². The standard InChI is InChI=1S/C15H12F2N2O/c1-10-8-19-7-3-6-14(15(19)18-10)20-9-11-12(16)4-2-5-13(11)17/h2-8H,9H2,1H3. The summed E-state index contributed by atoms with van der Waals surface area (Å²) in [7, 11) is 0. The molecule has 0 atom stereocenters. The van der Waals surface area contributed by atoms with Crippen LogP contribution in [0.3, 0.4) is 0 Å². The van der Waals surface area contributed by atoms with Gasteiger partial charge >= 0.3 is 0 Å². The summed E-state index contributed by atoms with van der Waals surface area (Å²) in [6, 6.07) is 7.26. The lowest BCUT2D eigenvalue weighted by Crippen LogP contribution is -2.02. The molecular formula is C15H12F2N2O. The van der Waals surface area contributed by atoms with Gasteiger partial charge in [0, 0.05) is 12.4 Å². The summed E-state index contributed by atoms with van der Waals surface area (Å²) in [6.07, 6.45) is 3.69. The molecule has 0 bridgehead atoms. The second-order valence-electron chi connectivity index (χ2n) is 4.47. The number of aryl methyl sites for hydroxylation is 1. The van der Waals surface area contributed by atoms with Gasteiger partial charge in [-0.3, -0.25) is 0 Å². The highest BCUT2D eigenvalue weighted by Crippen LogP contribution is 2.21. The van der Waals surface area contributed by atoms with Crippen molar-refractivity contribution in [3.8, 4) is 5.75 Å². The number of aromatic nitrogens is 2. The van der Waals surface area contributed by atoms with Gasteiger partial charge in [0.2, 0.25) is 0 Å². The van der Waals surface area contributed by atoms with Gasteiger partial charge in [-0.1, -0.05) is 6.07 Å². The van der Waals surface area contributed by atoms with Crippen LogP contribution < -0.4 is 4.74 Å². The van der Waals surface area contributed by atoms with E-state index in [1.807, 2.05) is 23.7 Å². The van der Waals surface area contributed by atoms with Gasteiger partial charge in [0.25, 0.3) is 0 Å². The van der Waals surface area contributed by atoms with E-state index in [1.165, 1.54) is 18.2 Å². The van der Waals surface area contributed by atoms with Crippen molar-refractivity contribution in [1.82, 2.24) is 9.38 Å². The van der Waals surface area contributed by atoms with Crippen molar-refractivity contribution < 1.29 is 13.5 Å². The minimum absolute atomic E-state index is 0.0854. The maximum Gasteiger partial charge on any atom is 0.179 e. The molecule has 0 spiro atoms. The molecule has 0 saturated carbocycles. The van der Waals surface area contributed by atoms with Crippen molar-refractivity contribution in [2.45, 2.75) is 13.5 Å². The normalized spacial score (nSPS) is 10.9. The Balaban J connectivity index is 1.91. The molecule has 102 valence electrons. The number of ether oxygens (including phenoxy) is 1. The van der Waals surface area contributed by atoms with Crippen LogP contribution in [0.25, 0.3) is 5.65 Å². The maximum absolute atomic E-state index is 13.5. The first-order chi connectivity index (χ1) is 9.65. The summed E-state index contributed by atoms with van der Waals surface area (Å²) in [5, 5.41) is 0. The van der Waals surface area contributed by atoms with Gasteiger partial charge in [0.15, 0.2) is 11.4 Å². The number of hydrogen-bond donors (Lipinski definition) is 0. The highest BCUT2D eigenvalue weighted by atomic mass is 19.1. The lowest BCUT2D eigenvalue weighted by Gasteiger charge is -2.08. The predicted octanol–water partition coefficient (Wildman–Crippen LogP) is 3.50. The molecule has 0 N–H and O–H groups in total. The van der Waals surface area contributed by atoms with Crippen LogP contribution in [-0.4, -0.2) is 9.38 Å². The molecule has 0 fully saturated rings. The van der Waals surface area contributed by atoms with Crippen LogP contribution in [-0.2, 0) is 6.61 Å². The number of fused-ring (bicyclic) bond motifs is 1. The molecule has 3 aromatic rings. The predicted molar refractivity (Wildman–Crippen MR) is 70.6 cm³/mol. The van der Waals surface area contributed by atoms with Gasteiger partial charge in [-0.2, -0.15) is 0 Å². The first-order valence-corrected chi connectivity index (χ1v) is 6.15. The van der Waals surface area contributed by atoms with E-state index in [-0.39, 0.29) is 12.2 Å². The fourth-order valence-electron chi connectivity index (χ4n) is 2.04. The SMILES string of the molecule is Cc1cn2cccc(OCc3c(F)cccc3F)c2n1. The lowest BCUT2D eigenvalue weighted by molar-refractivity contribution is 0.294. The van der Waals surface area contributed by atoms with Crippen molar-refractivity contribution in [3.63, 3.8) is 0 Å². The van der Waals surface area contributed by atoms with E-state index in [0.717, 1.165) is 5.69 Å². The molecule has 5 heteroatoms. The largest absolute Gasteiger partial charge is 0.485 e. The van der Waals surface area contributed by atoms with E-state index in [1.54, 1.807) is 12.1 Å². The molecule has 2 heterocycles. The van der Waals surface area contributed by atoms with Crippen molar-refractivity contribution in [2.24, 2.45) is 0 Å². The second-order valence-corrected chi connectivity index (χ2v) is 4.47. The fourth-order valence-corrected chi connectivity index (χ4v) is 2.04. The summed E-state index contributed by atoms with van der Waals surface area (Å²) >= 11 is 0. The molecule has 0 radical (unpaired) electrons. The quantitative estimate of drug-likeness (QED) is 0.730. The third-order valence-electron chi connectivity index (χ3n) is 3.00. The lowest BCUT2D eigenvalue weighted by atomic mass is 10.2. The van der Waals surface area contributed by atoms with E-state index in [0.29, 0.717) is 11.4 Å². The van der Waals surface area contributed by atoms with Crippen LogP contribution in [0.4, 0.5) is 8.78 Å². The molecule has 0 saturated heterocycles. The molecule has 0 aliphatic carbocycles. The van der Waals surface area contributed by atoms with E-state index in [9.17, 15) is 8.78 Å². The molecule has 3 rings (SSSR count). The molecule has 0 aliphatic heterocycles. The van der Waals surface area contributed by atoms with E-state index >= 15 is 0 Å². The fraction of sp³-hybridized carbons (Fsp3) is 0.133. The summed E-state index contributed by atoms with van der Waals surface area (Å²) in [6.45, 7) is 1.69. The van der Waals surface area contributed by atoms with E-state index in [2.05, 4.69) is 4.98 Å². The zero-order chi connectivity index (χ0) is 14.1. The summed E-state index contributed by atoms with van der Waals surface area (Å²) < 4.78 is 34.4. The number of hydrogen-bond acceptors (Lipinski definition) is 2. The summed E-state index contributed by atoms with van der Waals surface area (Å²) in [5.41, 5.74) is 1.39. The summed E-state index contributed by atoms with van der Waals surface area (Å²) in [4.78, 5) is 4.32. The van der Waals surface area contributed by atoms with Crippen LogP contribution in [0.2, 0.25) is 0 Å². The van der Waals surface area contributed by atoms with Crippen LogP contribution in [0.5, 0.6) is 5.75 Å². The Morgan fingerprint density at radius 3 is 2.65 bits per heavy atom. The molecule has 0 aliphatic rings. The second kappa shape index (κ2) is 4.92. The molecule has 2 aromatic heterocycles. The highest BCUT2D eigenvalue weighted by molar-refractivity contribution is 5.54. The Kier molecular flexibility index (Phi) is 3.10. The Hall–Kier alpha value is -2.43. The molecule has 3 nitrogen and oxygen atoms in total. The third kappa shape index (κ3) is 2.22. The molecule has 0 amide bonds. The topological polar surface area (TPSA) is 26.5 Å². The Bertz CT molecular complexity index is 747. The molecule has 20 heavy (non-hydrogen) atoms. The van der Waals surface area contributed by atoms with Crippen LogP contribution in [0, 0.1) is 18.6 Å². The first kappa shape index (κ1) is 12.6. The van der Waals surface area contributed by atoms with E-state index < -0.39 is 11.6 Å². The first-order valence-electron chi connectivity index (χ1n) is 6.15. The Morgan fingerprint density at radius 2 is 1.90 bits per heavy atom. The van der Waals surface area contributed by atoms with Gasteiger partial charge in [-0.05, 0) is 31.2 Å². The van der Waals surface area contributed by atoms with Gasteiger partial charge in [0.1, 0.15) is 18.2 Å². The number of imidazole rings is 1. The monoisotopic (exact) mass is 274 g/mol. The van der Waals surface area contributed by atoms with Gasteiger partial charge in [-0.15, -0.1) is 0 Å². The van der Waals surface area contributed by atoms with Crippen molar-refractivity contribution in [2.75, 3.05) is 0 Å². The van der Waals surface area contributed by atoms with Crippen molar-refractivity contribution in [3.05, 3.63) is 65.6 Å². The van der Waals surface area contributed by atoms with Crippen LogP contribution >= 0.6 is 0 Å². The third-order valence-corrected chi connectivity index (χ3v) is 3.00. The van der Waals surface area contributed by atoms with Gasteiger partial charge in [-0.25, -0.2) is 13.8 Å². The molecular weight excluding hydrogens is 262 g/mol. The molecule has 1 aromatic carbocycles. The number of benzene rings is 1. The Labute approximate surface area is 114 Å². The van der Waals surface area contributed by atoms with Crippen LogP contribution in [0.1, 0.15) is 11.3 Å². The number of rotatable bonds is 3. The number of pyridine rings is 1. The zero-order valence-corrected chi connectivity index (χ0v) is 10.8. The molecule has 0 unspecified atom stereocenters. The average Bonchev–Trinajstić information content (AvgIpc) is 2.79. The van der Waals surface area contributed by atoms with Crippen molar-refractivity contribution in [1.29, 1.82) is 0 Å². The van der Waals surface area contributed by atoms with Crippen molar-refractivity contribution >= 4 is 5.65 Å². The summed E-state index contributed by atoms with van der Waals surface area (Å²) in [5.74, 6) is -0.740. The minimum Gasteiger partial charge on any atom is -0.485 e. The van der Waals surface area contributed by atoms with Crippen LogP contribution in [0.15, 0.2) is 42.7 Å². The van der Waals surface area contributed by atoms with E-state index in [4.69, 9.17) is 4.74 Å². The highest BCUT2D eigenvalue weighted by Gasteiger charge is 2.11. The average molecular weight is 274 g/mol. The smallest absolute Gasteiger partial charge is 0.179 e.